The lowest BCUT2D eigenvalue weighted by Gasteiger charge is -2.18. The van der Waals surface area contributed by atoms with Crippen LogP contribution in [-0.4, -0.2) is 32.2 Å². The van der Waals surface area contributed by atoms with Crippen LogP contribution in [0.5, 0.6) is 0 Å². The number of non-ortho nitro benzene ring substituents is 1. The number of carbonyl (C=O) groups excluding carboxylic acids is 1. The predicted molar refractivity (Wildman–Crippen MR) is 152 cm³/mol. The van der Waals surface area contributed by atoms with Crippen molar-refractivity contribution in [3.63, 3.8) is 0 Å². The molecule has 9 heteroatoms. The van der Waals surface area contributed by atoms with E-state index in [-0.39, 0.29) is 18.5 Å². The van der Waals surface area contributed by atoms with Gasteiger partial charge in [-0.05, 0) is 29.9 Å². The van der Waals surface area contributed by atoms with Crippen LogP contribution in [0.2, 0.25) is 0 Å². The Kier molecular flexibility index (Phi) is 8.59. The quantitative estimate of drug-likeness (QED) is 0.0892. The highest BCUT2D eigenvalue weighted by molar-refractivity contribution is 6.24. The molecular formula is C30H33N3O6. The summed E-state index contributed by atoms with van der Waals surface area (Å²) in [6, 6.07) is 14.6. The van der Waals surface area contributed by atoms with Gasteiger partial charge in [0.05, 0.1) is 22.6 Å². The Bertz CT molecular complexity index is 1590. The molecule has 0 aliphatic heterocycles. The van der Waals surface area contributed by atoms with Crippen LogP contribution in [0, 0.1) is 16.0 Å². The Morgan fingerprint density at radius 3 is 2.44 bits per heavy atom. The second kappa shape index (κ2) is 12.1. The number of rotatable bonds is 12. The van der Waals surface area contributed by atoms with Gasteiger partial charge in [-0.15, -0.1) is 0 Å². The van der Waals surface area contributed by atoms with Crippen molar-refractivity contribution in [2.24, 2.45) is 11.1 Å². The summed E-state index contributed by atoms with van der Waals surface area (Å²) in [4.78, 5) is 39.2. The molecule has 1 heterocycles. The molecule has 0 amide bonds. The summed E-state index contributed by atoms with van der Waals surface area (Å²) in [6.07, 6.45) is 4.19. The Labute approximate surface area is 226 Å². The minimum Gasteiger partial charge on any atom is -0.481 e. The lowest BCUT2D eigenvalue weighted by atomic mass is 9.95. The van der Waals surface area contributed by atoms with E-state index in [9.17, 15) is 24.8 Å². The molecule has 4 rings (SSSR count). The number of nitrogens with zero attached hydrogens (tertiary/aromatic N) is 3. The molecule has 1 atom stereocenters. The zero-order valence-corrected chi connectivity index (χ0v) is 22.5. The lowest BCUT2D eigenvalue weighted by Crippen LogP contribution is -2.11. The van der Waals surface area contributed by atoms with Crippen molar-refractivity contribution in [2.45, 2.75) is 65.8 Å². The number of benzene rings is 3. The van der Waals surface area contributed by atoms with Crippen LogP contribution in [0.15, 0.2) is 53.7 Å². The number of aromatic nitrogens is 1. The molecule has 1 N–H and O–H groups in total. The van der Waals surface area contributed by atoms with Gasteiger partial charge in [0.1, 0.15) is 0 Å². The Morgan fingerprint density at radius 2 is 1.79 bits per heavy atom. The fraction of sp³-hybridized carbons (Fsp3) is 0.367. The van der Waals surface area contributed by atoms with E-state index in [1.807, 2.05) is 36.4 Å². The SMILES string of the molecule is CCCCC(CC)Cn1c2ccc([N+](=O)[O-])cc2c2cc(/C(CCC(=O)O)=N/OC(C)=O)c3ccccc3c21. The summed E-state index contributed by atoms with van der Waals surface area (Å²) < 4.78 is 2.27. The van der Waals surface area contributed by atoms with Crippen molar-refractivity contribution < 1.29 is 24.5 Å². The minimum absolute atomic E-state index is 0.00559. The number of carbonyl (C=O) groups is 2. The zero-order chi connectivity index (χ0) is 28.1. The average Bonchev–Trinajstić information content (AvgIpc) is 3.23. The molecule has 0 fully saturated rings. The molecule has 0 aliphatic carbocycles. The Balaban J connectivity index is 2.07. The molecule has 0 bridgehead atoms. The molecule has 0 saturated heterocycles. The van der Waals surface area contributed by atoms with Crippen molar-refractivity contribution in [2.75, 3.05) is 0 Å². The second-order valence-corrected chi connectivity index (χ2v) is 9.87. The van der Waals surface area contributed by atoms with Gasteiger partial charge in [0, 0.05) is 59.3 Å². The van der Waals surface area contributed by atoms with Gasteiger partial charge in [0.25, 0.3) is 5.69 Å². The zero-order valence-electron chi connectivity index (χ0n) is 22.5. The maximum Gasteiger partial charge on any atom is 0.331 e. The van der Waals surface area contributed by atoms with E-state index in [1.165, 1.54) is 13.0 Å². The Morgan fingerprint density at radius 1 is 1.05 bits per heavy atom. The number of hydrogen-bond donors (Lipinski definition) is 1. The van der Waals surface area contributed by atoms with Crippen LogP contribution in [0.3, 0.4) is 0 Å². The normalized spacial score (nSPS) is 12.7. The third-order valence-electron chi connectivity index (χ3n) is 7.21. The molecule has 9 nitrogen and oxygen atoms in total. The third-order valence-corrected chi connectivity index (χ3v) is 7.21. The molecule has 204 valence electrons. The van der Waals surface area contributed by atoms with Gasteiger partial charge in [0.2, 0.25) is 0 Å². The number of nitro groups is 1. The highest BCUT2D eigenvalue weighted by atomic mass is 16.7. The van der Waals surface area contributed by atoms with E-state index in [1.54, 1.807) is 6.07 Å². The van der Waals surface area contributed by atoms with E-state index >= 15 is 0 Å². The number of nitro benzene ring substituents is 1. The van der Waals surface area contributed by atoms with E-state index in [0.29, 0.717) is 17.2 Å². The molecule has 0 radical (unpaired) electrons. The van der Waals surface area contributed by atoms with E-state index in [2.05, 4.69) is 23.6 Å². The molecule has 0 spiro atoms. The standard InChI is InChI=1S/C30H33N3O6/c1-4-6-9-20(5-2)18-32-28-14-12-21(33(37)38)16-25(28)26-17-24(22-10-7-8-11-23(22)30(26)32)27(13-15-29(35)36)31-39-19(3)34/h7-8,10-12,14,16-17,20H,4-6,9,13,15,18H2,1-3H3,(H,35,36)/b31-27+. The number of hydrogen-bond acceptors (Lipinski definition) is 6. The number of carboxylic acid groups (broad SMARTS) is 1. The van der Waals surface area contributed by atoms with Gasteiger partial charge in [0.15, 0.2) is 0 Å². The van der Waals surface area contributed by atoms with Crippen molar-refractivity contribution in [1.82, 2.24) is 4.57 Å². The van der Waals surface area contributed by atoms with Crippen LogP contribution < -0.4 is 0 Å². The van der Waals surface area contributed by atoms with Gasteiger partial charge in [-0.25, -0.2) is 4.79 Å². The maximum atomic E-state index is 11.7. The first-order chi connectivity index (χ1) is 18.7. The molecular weight excluding hydrogens is 498 g/mol. The molecule has 3 aromatic carbocycles. The van der Waals surface area contributed by atoms with E-state index < -0.39 is 16.9 Å². The number of unbranched alkanes of at least 4 members (excludes halogenated alkanes) is 1. The summed E-state index contributed by atoms with van der Waals surface area (Å²) in [5, 5.41) is 28.4. The van der Waals surface area contributed by atoms with E-state index in [0.717, 1.165) is 64.8 Å². The van der Waals surface area contributed by atoms with Crippen LogP contribution in [0.1, 0.15) is 64.9 Å². The van der Waals surface area contributed by atoms with Crippen LogP contribution >= 0.6 is 0 Å². The number of aliphatic carboxylic acids is 1. The van der Waals surface area contributed by atoms with Gasteiger partial charge < -0.3 is 14.5 Å². The highest BCUT2D eigenvalue weighted by Crippen LogP contribution is 2.39. The first-order valence-corrected chi connectivity index (χ1v) is 13.3. The van der Waals surface area contributed by atoms with Crippen molar-refractivity contribution >= 4 is 55.9 Å². The van der Waals surface area contributed by atoms with Crippen LogP contribution in [-0.2, 0) is 21.0 Å². The molecule has 1 aromatic heterocycles. The van der Waals surface area contributed by atoms with E-state index in [4.69, 9.17) is 4.84 Å². The first-order valence-electron chi connectivity index (χ1n) is 13.3. The fourth-order valence-corrected chi connectivity index (χ4v) is 5.24. The number of fused-ring (bicyclic) bond motifs is 5. The number of carboxylic acids is 1. The topological polar surface area (TPSA) is 124 Å². The largest absolute Gasteiger partial charge is 0.481 e. The minimum atomic E-state index is -0.999. The summed E-state index contributed by atoms with van der Waals surface area (Å²) in [7, 11) is 0. The number of oxime groups is 1. The molecule has 1 unspecified atom stereocenters. The molecule has 4 aromatic rings. The molecule has 39 heavy (non-hydrogen) atoms. The van der Waals surface area contributed by atoms with Crippen molar-refractivity contribution in [3.8, 4) is 0 Å². The third kappa shape index (κ3) is 5.92. The maximum absolute atomic E-state index is 11.7. The smallest absolute Gasteiger partial charge is 0.331 e. The van der Waals surface area contributed by atoms with Crippen LogP contribution in [0.4, 0.5) is 5.69 Å². The summed E-state index contributed by atoms with van der Waals surface area (Å²) in [5.41, 5.74) is 2.81. The first kappa shape index (κ1) is 27.8. The van der Waals surface area contributed by atoms with Crippen LogP contribution in [0.25, 0.3) is 32.6 Å². The van der Waals surface area contributed by atoms with Crippen molar-refractivity contribution in [1.29, 1.82) is 0 Å². The Hall–Kier alpha value is -4.27. The van der Waals surface area contributed by atoms with Gasteiger partial charge in [-0.3, -0.25) is 14.9 Å². The summed E-state index contributed by atoms with van der Waals surface area (Å²) >= 11 is 0. The van der Waals surface area contributed by atoms with Crippen molar-refractivity contribution in [3.05, 3.63) is 64.2 Å². The molecule has 0 aliphatic rings. The fourth-order valence-electron chi connectivity index (χ4n) is 5.24. The second-order valence-electron chi connectivity index (χ2n) is 9.87. The van der Waals surface area contributed by atoms with Gasteiger partial charge >= 0.3 is 11.9 Å². The lowest BCUT2D eigenvalue weighted by molar-refractivity contribution is -0.384. The summed E-state index contributed by atoms with van der Waals surface area (Å²) in [5.74, 6) is -1.17. The summed E-state index contributed by atoms with van der Waals surface area (Å²) in [6.45, 7) is 6.37. The molecule has 0 saturated carbocycles. The van der Waals surface area contributed by atoms with Gasteiger partial charge in [-0.2, -0.15) is 0 Å². The average molecular weight is 532 g/mol. The predicted octanol–water partition coefficient (Wildman–Crippen LogP) is 7.20. The van der Waals surface area contributed by atoms with Gasteiger partial charge in [-0.1, -0.05) is 62.5 Å². The highest BCUT2D eigenvalue weighted by Gasteiger charge is 2.22. The monoisotopic (exact) mass is 531 g/mol.